The molecule has 1 heterocycles. The van der Waals surface area contributed by atoms with Crippen molar-refractivity contribution in [3.63, 3.8) is 0 Å². The van der Waals surface area contributed by atoms with E-state index in [1.54, 1.807) is 6.07 Å². The molecule has 8 heteroatoms. The van der Waals surface area contributed by atoms with Crippen LogP contribution in [0.25, 0.3) is 0 Å². The molecule has 0 fully saturated rings. The second-order valence-electron chi connectivity index (χ2n) is 4.63. The van der Waals surface area contributed by atoms with Crippen LogP contribution in [0.1, 0.15) is 17.3 Å². The molecule has 0 aliphatic rings. The summed E-state index contributed by atoms with van der Waals surface area (Å²) >= 11 is 11.5. The van der Waals surface area contributed by atoms with Crippen LogP contribution in [0.4, 0.5) is 11.5 Å². The number of anilines is 2. The van der Waals surface area contributed by atoms with Crippen molar-refractivity contribution in [1.82, 2.24) is 4.98 Å². The van der Waals surface area contributed by atoms with Crippen molar-refractivity contribution in [1.29, 1.82) is 0 Å². The molecule has 1 aromatic heterocycles. The summed E-state index contributed by atoms with van der Waals surface area (Å²) in [6.07, 6.45) is 0.359. The summed E-state index contributed by atoms with van der Waals surface area (Å²) in [7, 11) is 0. The molecule has 6 nitrogen and oxygen atoms in total. The fourth-order valence-electron chi connectivity index (χ4n) is 1.67. The number of halogens is 2. The van der Waals surface area contributed by atoms with Crippen molar-refractivity contribution >= 4 is 46.6 Å². The van der Waals surface area contributed by atoms with Gasteiger partial charge in [0.05, 0.1) is 10.6 Å². The van der Waals surface area contributed by atoms with Crippen LogP contribution in [0.3, 0.4) is 0 Å². The van der Waals surface area contributed by atoms with Gasteiger partial charge in [-0.05, 0) is 37.3 Å². The number of aromatic nitrogens is 1. The zero-order chi connectivity index (χ0) is 17.0. The van der Waals surface area contributed by atoms with Crippen LogP contribution >= 0.6 is 23.2 Å². The number of amides is 1. The number of carbonyl (C=O) groups is 2. The maximum absolute atomic E-state index is 12.0. The molecule has 2 rings (SSSR count). The molecule has 0 aliphatic heterocycles. The van der Waals surface area contributed by atoms with Gasteiger partial charge in [-0.3, -0.25) is 4.79 Å². The maximum Gasteiger partial charge on any atom is 0.341 e. The third-order valence-corrected chi connectivity index (χ3v) is 3.32. The number of carbonyl (C=O) groups excluding carboxylic acids is 2. The first kappa shape index (κ1) is 17.1. The van der Waals surface area contributed by atoms with E-state index < -0.39 is 18.0 Å². The number of nitrogens with two attached hydrogens (primary N) is 1. The predicted molar refractivity (Wildman–Crippen MR) is 88.6 cm³/mol. The van der Waals surface area contributed by atoms with Crippen molar-refractivity contribution in [2.75, 3.05) is 11.1 Å². The number of hydrogen-bond donors (Lipinski definition) is 2. The largest absolute Gasteiger partial charge is 0.449 e. The van der Waals surface area contributed by atoms with Crippen LogP contribution in [-0.4, -0.2) is 23.0 Å². The van der Waals surface area contributed by atoms with E-state index in [9.17, 15) is 9.59 Å². The van der Waals surface area contributed by atoms with Crippen LogP contribution < -0.4 is 11.1 Å². The van der Waals surface area contributed by atoms with Crippen molar-refractivity contribution < 1.29 is 14.3 Å². The first-order valence-electron chi connectivity index (χ1n) is 6.55. The van der Waals surface area contributed by atoms with E-state index in [4.69, 9.17) is 33.7 Å². The Kier molecular flexibility index (Phi) is 5.41. The van der Waals surface area contributed by atoms with Gasteiger partial charge in [-0.15, -0.1) is 0 Å². The number of benzene rings is 1. The molecule has 0 bridgehead atoms. The molecule has 0 radical (unpaired) electrons. The van der Waals surface area contributed by atoms with Crippen LogP contribution in [0.5, 0.6) is 0 Å². The molecular weight excluding hydrogens is 341 g/mol. The number of nitrogens with one attached hydrogen (secondary N) is 1. The third kappa shape index (κ3) is 4.58. The topological polar surface area (TPSA) is 94.3 Å². The first-order valence-corrected chi connectivity index (χ1v) is 7.31. The maximum atomic E-state index is 12.0. The monoisotopic (exact) mass is 353 g/mol. The highest BCUT2D eigenvalue weighted by Gasteiger charge is 2.20. The van der Waals surface area contributed by atoms with Crippen molar-refractivity contribution in [3.8, 4) is 0 Å². The van der Waals surface area contributed by atoms with E-state index in [1.807, 2.05) is 0 Å². The van der Waals surface area contributed by atoms with Crippen molar-refractivity contribution in [3.05, 3.63) is 52.1 Å². The van der Waals surface area contributed by atoms with Crippen molar-refractivity contribution in [2.24, 2.45) is 0 Å². The molecule has 1 atom stereocenters. The summed E-state index contributed by atoms with van der Waals surface area (Å²) in [5.41, 5.74) is 6.02. The SMILES string of the molecule is C[C@@H](OC(=O)c1ccc(Cl)cc1N)C(=O)Nc1ccc(Cl)cn1. The fourth-order valence-corrected chi connectivity index (χ4v) is 1.97. The Morgan fingerprint density at radius 2 is 1.91 bits per heavy atom. The number of pyridine rings is 1. The van der Waals surface area contributed by atoms with Gasteiger partial charge in [-0.25, -0.2) is 9.78 Å². The standard InChI is InChI=1S/C15H13Cl2N3O3/c1-8(14(21)20-13-5-3-10(17)7-19-13)23-15(22)11-4-2-9(16)6-12(11)18/h2-8H,18H2,1H3,(H,19,20,21)/t8-/m1/s1. The van der Waals surface area contributed by atoms with Gasteiger partial charge in [0.15, 0.2) is 6.10 Å². The van der Waals surface area contributed by atoms with E-state index in [-0.39, 0.29) is 11.3 Å². The van der Waals surface area contributed by atoms with Gasteiger partial charge in [0.2, 0.25) is 0 Å². The average molecular weight is 354 g/mol. The van der Waals surface area contributed by atoms with Gasteiger partial charge in [0.25, 0.3) is 5.91 Å². The molecule has 0 aliphatic carbocycles. The third-order valence-electron chi connectivity index (χ3n) is 2.87. The van der Waals surface area contributed by atoms with Gasteiger partial charge in [-0.1, -0.05) is 23.2 Å². The molecule has 0 spiro atoms. The lowest BCUT2D eigenvalue weighted by Crippen LogP contribution is -2.30. The number of nitrogen functional groups attached to an aromatic ring is 1. The van der Waals surface area contributed by atoms with Crippen LogP contribution in [0, 0.1) is 0 Å². The van der Waals surface area contributed by atoms with Gasteiger partial charge >= 0.3 is 5.97 Å². The lowest BCUT2D eigenvalue weighted by atomic mass is 10.2. The number of ether oxygens (including phenoxy) is 1. The minimum atomic E-state index is -1.03. The second kappa shape index (κ2) is 7.30. The quantitative estimate of drug-likeness (QED) is 0.650. The number of nitrogens with zero attached hydrogens (tertiary/aromatic N) is 1. The highest BCUT2D eigenvalue weighted by Crippen LogP contribution is 2.19. The Bertz CT molecular complexity index is 735. The van der Waals surface area contributed by atoms with Crippen LogP contribution in [-0.2, 0) is 9.53 Å². The Labute approximate surface area is 142 Å². The molecule has 120 valence electrons. The number of esters is 1. The predicted octanol–water partition coefficient (Wildman–Crippen LogP) is 3.15. The molecule has 0 saturated heterocycles. The molecule has 1 amide bonds. The molecular formula is C15H13Cl2N3O3. The number of hydrogen-bond acceptors (Lipinski definition) is 5. The van der Waals surface area contributed by atoms with E-state index >= 15 is 0 Å². The Morgan fingerprint density at radius 3 is 2.52 bits per heavy atom. The van der Waals surface area contributed by atoms with E-state index in [1.165, 1.54) is 37.4 Å². The summed E-state index contributed by atoms with van der Waals surface area (Å²) in [4.78, 5) is 27.9. The highest BCUT2D eigenvalue weighted by molar-refractivity contribution is 6.31. The van der Waals surface area contributed by atoms with Crippen LogP contribution in [0.15, 0.2) is 36.5 Å². The summed E-state index contributed by atoms with van der Waals surface area (Å²) in [5, 5.41) is 3.36. The molecule has 1 aromatic carbocycles. The number of rotatable bonds is 4. The minimum absolute atomic E-state index is 0.138. The lowest BCUT2D eigenvalue weighted by molar-refractivity contribution is -0.123. The summed E-state index contributed by atoms with van der Waals surface area (Å²) in [5.74, 6) is -0.945. The summed E-state index contributed by atoms with van der Waals surface area (Å²) < 4.78 is 5.09. The summed E-state index contributed by atoms with van der Waals surface area (Å²) in [6, 6.07) is 7.49. The minimum Gasteiger partial charge on any atom is -0.449 e. The first-order chi connectivity index (χ1) is 10.9. The van der Waals surface area contributed by atoms with E-state index in [0.29, 0.717) is 15.9 Å². The van der Waals surface area contributed by atoms with Crippen LogP contribution in [0.2, 0.25) is 10.0 Å². The van der Waals surface area contributed by atoms with Gasteiger partial charge in [-0.2, -0.15) is 0 Å². The van der Waals surface area contributed by atoms with Gasteiger partial charge in [0, 0.05) is 16.9 Å². The highest BCUT2D eigenvalue weighted by atomic mass is 35.5. The molecule has 3 N–H and O–H groups in total. The lowest BCUT2D eigenvalue weighted by Gasteiger charge is -2.14. The van der Waals surface area contributed by atoms with E-state index in [2.05, 4.69) is 10.3 Å². The Hall–Kier alpha value is -2.31. The molecule has 2 aromatic rings. The van der Waals surface area contributed by atoms with Gasteiger partial charge < -0.3 is 15.8 Å². The molecule has 0 unspecified atom stereocenters. The zero-order valence-corrected chi connectivity index (χ0v) is 13.6. The summed E-state index contributed by atoms with van der Waals surface area (Å²) in [6.45, 7) is 1.44. The Balaban J connectivity index is 2.00. The Morgan fingerprint density at radius 1 is 1.22 bits per heavy atom. The average Bonchev–Trinajstić information content (AvgIpc) is 2.49. The fraction of sp³-hybridized carbons (Fsp3) is 0.133. The zero-order valence-electron chi connectivity index (χ0n) is 12.0. The smallest absolute Gasteiger partial charge is 0.341 e. The molecule has 0 saturated carbocycles. The second-order valence-corrected chi connectivity index (χ2v) is 5.50. The normalized spacial score (nSPS) is 11.6. The molecule has 23 heavy (non-hydrogen) atoms. The van der Waals surface area contributed by atoms with Gasteiger partial charge in [0.1, 0.15) is 5.82 Å². The van der Waals surface area contributed by atoms with Crippen molar-refractivity contribution in [2.45, 2.75) is 13.0 Å². The van der Waals surface area contributed by atoms with E-state index in [0.717, 1.165) is 0 Å².